The predicted molar refractivity (Wildman–Crippen MR) is 100 cm³/mol. The van der Waals surface area contributed by atoms with Gasteiger partial charge in [0.2, 0.25) is 6.10 Å². The zero-order valence-corrected chi connectivity index (χ0v) is 15.3. The van der Waals surface area contributed by atoms with Gasteiger partial charge in [-0.1, -0.05) is 36.4 Å². The summed E-state index contributed by atoms with van der Waals surface area (Å²) >= 11 is 0. The van der Waals surface area contributed by atoms with Crippen LogP contribution >= 0.6 is 0 Å². The maximum absolute atomic E-state index is 12.9. The topological polar surface area (TPSA) is 60.3 Å². The number of aromatic nitrogens is 1. The van der Waals surface area contributed by atoms with Crippen LogP contribution in [-0.4, -0.2) is 16.4 Å². The summed E-state index contributed by atoms with van der Waals surface area (Å²) in [5.41, 5.74) is -0.328. The van der Waals surface area contributed by atoms with E-state index < -0.39 is 29.7 Å². The van der Waals surface area contributed by atoms with Gasteiger partial charge in [0.1, 0.15) is 5.69 Å². The number of nitrogens with zero attached hydrogens (tertiary/aromatic N) is 1. The molecule has 8 heteroatoms. The zero-order valence-electron chi connectivity index (χ0n) is 15.3. The van der Waals surface area contributed by atoms with Gasteiger partial charge < -0.3 is 14.6 Å². The Bertz CT molecular complexity index is 1010. The first-order chi connectivity index (χ1) is 13.8. The van der Waals surface area contributed by atoms with Crippen molar-refractivity contribution in [2.75, 3.05) is 5.32 Å². The fourth-order valence-corrected chi connectivity index (χ4v) is 2.72. The van der Waals surface area contributed by atoms with Crippen molar-refractivity contribution in [3.05, 3.63) is 89.7 Å². The number of rotatable bonds is 5. The molecule has 1 N–H and O–H groups in total. The van der Waals surface area contributed by atoms with E-state index in [0.717, 1.165) is 12.1 Å². The average Bonchev–Trinajstić information content (AvgIpc) is 3.12. The van der Waals surface area contributed by atoms with Crippen molar-refractivity contribution in [3.63, 3.8) is 0 Å². The molecule has 1 heterocycles. The summed E-state index contributed by atoms with van der Waals surface area (Å²) in [5.74, 6) is -1.50. The second kappa shape index (κ2) is 8.22. The lowest BCUT2D eigenvalue weighted by molar-refractivity contribution is -0.137. The highest BCUT2D eigenvalue weighted by molar-refractivity contribution is 5.97. The molecule has 150 valence electrons. The fourth-order valence-electron chi connectivity index (χ4n) is 2.72. The molecule has 0 fully saturated rings. The first kappa shape index (κ1) is 20.2. The first-order valence-corrected chi connectivity index (χ1v) is 8.61. The van der Waals surface area contributed by atoms with Crippen molar-refractivity contribution in [2.24, 2.45) is 7.05 Å². The van der Waals surface area contributed by atoms with Crippen molar-refractivity contribution in [1.29, 1.82) is 0 Å². The summed E-state index contributed by atoms with van der Waals surface area (Å²) in [7, 11) is 1.65. The molecule has 1 aromatic heterocycles. The van der Waals surface area contributed by atoms with Gasteiger partial charge >= 0.3 is 12.1 Å². The van der Waals surface area contributed by atoms with E-state index in [2.05, 4.69) is 5.32 Å². The molecule has 0 bridgehead atoms. The molecule has 2 aromatic carbocycles. The number of halogens is 3. The number of alkyl halides is 3. The van der Waals surface area contributed by atoms with Crippen LogP contribution in [0.3, 0.4) is 0 Å². The first-order valence-electron chi connectivity index (χ1n) is 8.61. The van der Waals surface area contributed by atoms with Gasteiger partial charge in [-0.05, 0) is 30.3 Å². The third-order valence-corrected chi connectivity index (χ3v) is 4.18. The van der Waals surface area contributed by atoms with Crippen LogP contribution in [0.1, 0.15) is 27.7 Å². The van der Waals surface area contributed by atoms with Gasteiger partial charge in [-0.3, -0.25) is 4.79 Å². The summed E-state index contributed by atoms with van der Waals surface area (Å²) < 4.78 is 45.7. The second-order valence-corrected chi connectivity index (χ2v) is 6.27. The smallest absolute Gasteiger partial charge is 0.416 e. The Morgan fingerprint density at radius 2 is 1.72 bits per heavy atom. The predicted octanol–water partition coefficient (Wildman–Crippen LogP) is 4.58. The Labute approximate surface area is 164 Å². The van der Waals surface area contributed by atoms with Gasteiger partial charge in [0.15, 0.2) is 0 Å². The van der Waals surface area contributed by atoms with Gasteiger partial charge in [0, 0.05) is 24.5 Å². The molecule has 0 aliphatic rings. The van der Waals surface area contributed by atoms with Crippen molar-refractivity contribution < 1.29 is 27.5 Å². The highest BCUT2D eigenvalue weighted by Crippen LogP contribution is 2.31. The molecular formula is C21H17F3N2O3. The lowest BCUT2D eigenvalue weighted by Gasteiger charge is -2.19. The van der Waals surface area contributed by atoms with Gasteiger partial charge in [-0.15, -0.1) is 0 Å². The van der Waals surface area contributed by atoms with Gasteiger partial charge in [-0.2, -0.15) is 13.2 Å². The van der Waals surface area contributed by atoms with Crippen molar-refractivity contribution in [3.8, 4) is 0 Å². The lowest BCUT2D eigenvalue weighted by atomic mass is 10.1. The summed E-state index contributed by atoms with van der Waals surface area (Å²) in [4.78, 5) is 25.3. The van der Waals surface area contributed by atoms with Crippen molar-refractivity contribution >= 4 is 17.6 Å². The average molecular weight is 402 g/mol. The number of anilines is 1. The van der Waals surface area contributed by atoms with Crippen molar-refractivity contribution in [1.82, 2.24) is 4.57 Å². The van der Waals surface area contributed by atoms with E-state index in [0.29, 0.717) is 5.56 Å². The third kappa shape index (κ3) is 4.84. The fraction of sp³-hybridized carbons (Fsp3) is 0.143. The number of carbonyl (C=O) groups is 2. The zero-order chi connectivity index (χ0) is 21.0. The molecule has 1 atom stereocenters. The number of benzene rings is 2. The number of amides is 1. The van der Waals surface area contributed by atoms with E-state index in [4.69, 9.17) is 4.74 Å². The summed E-state index contributed by atoms with van der Waals surface area (Å²) in [5, 5.41) is 2.40. The van der Waals surface area contributed by atoms with Gasteiger partial charge in [0.05, 0.1) is 5.56 Å². The van der Waals surface area contributed by atoms with E-state index in [1.54, 1.807) is 49.6 Å². The molecule has 5 nitrogen and oxygen atoms in total. The van der Waals surface area contributed by atoms with E-state index in [1.165, 1.54) is 22.8 Å². The molecule has 29 heavy (non-hydrogen) atoms. The summed E-state index contributed by atoms with van der Waals surface area (Å²) in [6.45, 7) is 0. The summed E-state index contributed by atoms with van der Waals surface area (Å²) in [6.07, 6.45) is -4.23. The molecule has 1 unspecified atom stereocenters. The largest absolute Gasteiger partial charge is 0.443 e. The molecular weight excluding hydrogens is 385 g/mol. The molecule has 0 spiro atoms. The van der Waals surface area contributed by atoms with Crippen LogP contribution in [0.15, 0.2) is 72.9 Å². The van der Waals surface area contributed by atoms with Gasteiger partial charge in [0.25, 0.3) is 5.91 Å². The highest BCUT2D eigenvalue weighted by atomic mass is 19.4. The second-order valence-electron chi connectivity index (χ2n) is 6.27. The standard InChI is InChI=1S/C21H17F3N2O3/c1-26-12-6-11-17(26)20(28)29-18(14-7-3-2-4-8-14)19(27)25-16-10-5-9-15(13-16)21(22,23)24/h2-13,18H,1H3,(H,25,27). The number of nitrogens with one attached hydrogen (secondary N) is 1. The van der Waals surface area contributed by atoms with Gasteiger partial charge in [-0.25, -0.2) is 4.79 Å². The van der Waals surface area contributed by atoms with Crippen LogP contribution in [0.2, 0.25) is 0 Å². The van der Waals surface area contributed by atoms with Crippen LogP contribution in [0.4, 0.5) is 18.9 Å². The number of esters is 1. The number of hydrogen-bond acceptors (Lipinski definition) is 3. The minimum atomic E-state index is -4.54. The molecule has 0 saturated carbocycles. The monoisotopic (exact) mass is 402 g/mol. The highest BCUT2D eigenvalue weighted by Gasteiger charge is 2.31. The van der Waals surface area contributed by atoms with Crippen LogP contribution in [-0.2, 0) is 22.8 Å². The Kier molecular flexibility index (Phi) is 5.72. The van der Waals surface area contributed by atoms with Crippen LogP contribution in [0.5, 0.6) is 0 Å². The lowest BCUT2D eigenvalue weighted by Crippen LogP contribution is -2.26. The molecule has 3 rings (SSSR count). The van der Waals surface area contributed by atoms with Crippen LogP contribution in [0.25, 0.3) is 0 Å². The van der Waals surface area contributed by atoms with E-state index in [1.807, 2.05) is 0 Å². The number of aryl methyl sites for hydroxylation is 1. The van der Waals surface area contributed by atoms with E-state index >= 15 is 0 Å². The molecule has 3 aromatic rings. The Morgan fingerprint density at radius 1 is 1.00 bits per heavy atom. The Morgan fingerprint density at radius 3 is 2.34 bits per heavy atom. The number of hydrogen-bond donors (Lipinski definition) is 1. The van der Waals surface area contributed by atoms with E-state index in [-0.39, 0.29) is 11.4 Å². The Balaban J connectivity index is 1.86. The molecule has 0 aliphatic carbocycles. The van der Waals surface area contributed by atoms with Crippen LogP contribution in [0, 0.1) is 0 Å². The molecule has 0 radical (unpaired) electrons. The molecule has 1 amide bonds. The normalized spacial score (nSPS) is 12.3. The maximum Gasteiger partial charge on any atom is 0.416 e. The third-order valence-electron chi connectivity index (χ3n) is 4.18. The Hall–Kier alpha value is -3.55. The summed E-state index contributed by atoms with van der Waals surface area (Å²) in [6, 6.07) is 15.7. The molecule has 0 aliphatic heterocycles. The van der Waals surface area contributed by atoms with E-state index in [9.17, 15) is 22.8 Å². The number of ether oxygens (including phenoxy) is 1. The van der Waals surface area contributed by atoms with Crippen molar-refractivity contribution in [2.45, 2.75) is 12.3 Å². The quantitative estimate of drug-likeness (QED) is 0.636. The SMILES string of the molecule is Cn1cccc1C(=O)OC(C(=O)Nc1cccc(C(F)(F)F)c1)c1ccccc1. The number of carbonyl (C=O) groups excluding carboxylic acids is 2. The molecule has 0 saturated heterocycles. The minimum absolute atomic E-state index is 0.0549. The maximum atomic E-state index is 12.9. The minimum Gasteiger partial charge on any atom is -0.443 e. The van der Waals surface area contributed by atoms with Crippen LogP contribution < -0.4 is 5.32 Å².